The minimum atomic E-state index is -4.22. The maximum atomic E-state index is 15.2. The summed E-state index contributed by atoms with van der Waals surface area (Å²) >= 11 is 1.23. The van der Waals surface area contributed by atoms with Crippen molar-refractivity contribution in [1.82, 2.24) is 14.9 Å². The van der Waals surface area contributed by atoms with Gasteiger partial charge in [-0.1, -0.05) is 6.07 Å². The van der Waals surface area contributed by atoms with Crippen LogP contribution in [0, 0.1) is 25.5 Å². The first-order chi connectivity index (χ1) is 15.7. The number of halogens is 2. The molecule has 3 aromatic rings. The van der Waals surface area contributed by atoms with Gasteiger partial charge < -0.3 is 4.90 Å². The van der Waals surface area contributed by atoms with Crippen LogP contribution in [-0.2, 0) is 22.1 Å². The highest BCUT2D eigenvalue weighted by molar-refractivity contribution is 7.90. The Hall–Kier alpha value is -2.43. The Morgan fingerprint density at radius 2 is 2.03 bits per heavy atom. The van der Waals surface area contributed by atoms with Gasteiger partial charge >= 0.3 is 0 Å². The number of benzene rings is 1. The Labute approximate surface area is 196 Å². The fourth-order valence-corrected chi connectivity index (χ4v) is 6.43. The number of thiazole rings is 1. The number of likely N-dealkylation sites (tertiary alicyclic amines) is 1. The van der Waals surface area contributed by atoms with E-state index in [0.717, 1.165) is 37.0 Å². The standard InChI is InChI=1S/C23H26F2N4O2S2/c1-15-5-4-6-17(27-15)10-29-8-7-19(11-29)28(3)21-9-20(24)23(22(25)16(21)2)33(30,31)13-18-12-32-14-26-18/h4-6,9,12,14,19H,7-8,10-11,13H2,1-3H3/t19-/m0/s1. The van der Waals surface area contributed by atoms with E-state index in [4.69, 9.17) is 0 Å². The minimum Gasteiger partial charge on any atom is -0.370 e. The van der Waals surface area contributed by atoms with Gasteiger partial charge in [0, 0.05) is 55.0 Å². The molecule has 0 unspecified atom stereocenters. The second kappa shape index (κ2) is 9.44. The number of pyridine rings is 1. The molecule has 33 heavy (non-hydrogen) atoms. The summed E-state index contributed by atoms with van der Waals surface area (Å²) in [6, 6.07) is 7.11. The third-order valence-electron chi connectivity index (χ3n) is 6.03. The molecule has 0 aliphatic carbocycles. The van der Waals surface area contributed by atoms with E-state index in [1.54, 1.807) is 12.4 Å². The summed E-state index contributed by atoms with van der Waals surface area (Å²) in [7, 11) is -2.42. The van der Waals surface area contributed by atoms with Crippen molar-refractivity contribution in [2.75, 3.05) is 25.0 Å². The number of nitrogens with zero attached hydrogens (tertiary/aromatic N) is 4. The van der Waals surface area contributed by atoms with E-state index in [2.05, 4.69) is 14.9 Å². The van der Waals surface area contributed by atoms with Crippen molar-refractivity contribution in [3.63, 3.8) is 0 Å². The lowest BCUT2D eigenvalue weighted by atomic mass is 10.1. The number of hydrogen-bond donors (Lipinski definition) is 0. The van der Waals surface area contributed by atoms with Crippen molar-refractivity contribution in [1.29, 1.82) is 0 Å². The van der Waals surface area contributed by atoms with Crippen LogP contribution in [0.5, 0.6) is 0 Å². The van der Waals surface area contributed by atoms with Crippen LogP contribution < -0.4 is 4.90 Å². The monoisotopic (exact) mass is 492 g/mol. The fourth-order valence-electron chi connectivity index (χ4n) is 4.29. The molecule has 0 bridgehead atoms. The molecule has 0 N–H and O–H groups in total. The Kier molecular flexibility index (Phi) is 6.78. The molecule has 0 saturated carbocycles. The summed E-state index contributed by atoms with van der Waals surface area (Å²) in [6.45, 7) is 5.72. The van der Waals surface area contributed by atoms with Crippen LogP contribution in [0.4, 0.5) is 14.5 Å². The zero-order valence-electron chi connectivity index (χ0n) is 18.8. The Morgan fingerprint density at radius 3 is 2.73 bits per heavy atom. The molecule has 0 radical (unpaired) electrons. The molecule has 0 spiro atoms. The van der Waals surface area contributed by atoms with E-state index >= 15 is 4.39 Å². The van der Waals surface area contributed by atoms with Gasteiger partial charge in [-0.05, 0) is 38.5 Å². The van der Waals surface area contributed by atoms with Crippen LogP contribution in [0.25, 0.3) is 0 Å². The van der Waals surface area contributed by atoms with E-state index in [9.17, 15) is 12.8 Å². The van der Waals surface area contributed by atoms with Crippen LogP contribution in [-0.4, -0.2) is 49.5 Å². The second-order valence-corrected chi connectivity index (χ2v) is 11.1. The van der Waals surface area contributed by atoms with Crippen LogP contribution in [0.2, 0.25) is 0 Å². The van der Waals surface area contributed by atoms with E-state index in [1.165, 1.54) is 23.8 Å². The molecule has 6 nitrogen and oxygen atoms in total. The van der Waals surface area contributed by atoms with Gasteiger partial charge in [0.15, 0.2) is 9.84 Å². The van der Waals surface area contributed by atoms with Gasteiger partial charge in [-0.3, -0.25) is 9.88 Å². The van der Waals surface area contributed by atoms with Crippen molar-refractivity contribution >= 4 is 26.9 Å². The van der Waals surface area contributed by atoms with E-state index < -0.39 is 32.1 Å². The smallest absolute Gasteiger partial charge is 0.189 e. The lowest BCUT2D eigenvalue weighted by Crippen LogP contribution is -2.35. The first-order valence-corrected chi connectivity index (χ1v) is 13.2. The number of sulfone groups is 1. The molecule has 1 fully saturated rings. The minimum absolute atomic E-state index is 0.0461. The second-order valence-electron chi connectivity index (χ2n) is 8.44. The Bertz CT molecular complexity index is 1250. The molecule has 1 saturated heterocycles. The first kappa shape index (κ1) is 23.7. The third-order valence-corrected chi connectivity index (χ3v) is 8.34. The predicted octanol–water partition coefficient (Wildman–Crippen LogP) is 4.12. The molecule has 10 heteroatoms. The first-order valence-electron chi connectivity index (χ1n) is 10.6. The summed E-state index contributed by atoms with van der Waals surface area (Å²) < 4.78 is 55.7. The van der Waals surface area contributed by atoms with E-state index in [1.807, 2.05) is 30.0 Å². The highest BCUT2D eigenvalue weighted by Crippen LogP contribution is 2.33. The Balaban J connectivity index is 1.53. The van der Waals surface area contributed by atoms with Gasteiger partial charge in [0.05, 0.1) is 22.7 Å². The molecular weight excluding hydrogens is 466 g/mol. The molecule has 3 heterocycles. The third kappa shape index (κ3) is 5.07. The molecule has 2 aromatic heterocycles. The quantitative estimate of drug-likeness (QED) is 0.494. The maximum Gasteiger partial charge on any atom is 0.189 e. The van der Waals surface area contributed by atoms with Crippen molar-refractivity contribution in [2.45, 2.75) is 43.5 Å². The summed E-state index contributed by atoms with van der Waals surface area (Å²) in [4.78, 5) is 11.7. The van der Waals surface area contributed by atoms with Gasteiger partial charge in [-0.15, -0.1) is 11.3 Å². The molecular formula is C23H26F2N4O2S2. The summed E-state index contributed by atoms with van der Waals surface area (Å²) in [5, 5.41) is 1.56. The molecule has 1 aromatic carbocycles. The van der Waals surface area contributed by atoms with Crippen molar-refractivity contribution in [2.24, 2.45) is 0 Å². The molecule has 1 atom stereocenters. The average Bonchev–Trinajstić information content (AvgIpc) is 3.42. The highest BCUT2D eigenvalue weighted by Gasteiger charge is 2.32. The molecule has 176 valence electrons. The Morgan fingerprint density at radius 1 is 1.24 bits per heavy atom. The zero-order valence-corrected chi connectivity index (χ0v) is 20.4. The van der Waals surface area contributed by atoms with E-state index in [-0.39, 0.29) is 17.3 Å². The van der Waals surface area contributed by atoms with Crippen LogP contribution in [0.15, 0.2) is 40.1 Å². The number of hydrogen-bond acceptors (Lipinski definition) is 7. The molecule has 0 amide bonds. The normalized spacial score (nSPS) is 16.9. The summed E-state index contributed by atoms with van der Waals surface area (Å²) in [5.41, 5.74) is 4.19. The van der Waals surface area contributed by atoms with Gasteiger partial charge in [0.25, 0.3) is 0 Å². The lowest BCUT2D eigenvalue weighted by molar-refractivity contribution is 0.321. The number of aromatic nitrogens is 2. The SMILES string of the molecule is Cc1cccc(CN2CC[C@H](N(C)c3cc(F)c(S(=O)(=O)Cc4cscn4)c(F)c3C)C2)n1. The molecule has 1 aliphatic heterocycles. The van der Waals surface area contributed by atoms with Crippen LogP contribution in [0.1, 0.15) is 29.1 Å². The summed E-state index contributed by atoms with van der Waals surface area (Å²) in [6.07, 6.45) is 0.828. The largest absolute Gasteiger partial charge is 0.370 e. The number of aryl methyl sites for hydroxylation is 1. The van der Waals surface area contributed by atoms with Crippen molar-refractivity contribution in [3.8, 4) is 0 Å². The topological polar surface area (TPSA) is 66.4 Å². The lowest BCUT2D eigenvalue weighted by Gasteiger charge is -2.29. The van der Waals surface area contributed by atoms with Gasteiger partial charge in [0.2, 0.25) is 0 Å². The van der Waals surface area contributed by atoms with Gasteiger partial charge in [0.1, 0.15) is 16.5 Å². The summed E-state index contributed by atoms with van der Waals surface area (Å²) in [5.74, 6) is -2.65. The van der Waals surface area contributed by atoms with Crippen LogP contribution >= 0.6 is 11.3 Å². The molecule has 1 aliphatic rings. The molecule has 4 rings (SSSR count). The maximum absolute atomic E-state index is 15.2. The predicted molar refractivity (Wildman–Crippen MR) is 125 cm³/mol. The van der Waals surface area contributed by atoms with Crippen LogP contribution in [0.3, 0.4) is 0 Å². The number of likely N-dealkylation sites (N-methyl/N-ethyl adjacent to an activating group) is 1. The van der Waals surface area contributed by atoms with Crippen molar-refractivity contribution in [3.05, 3.63) is 69.4 Å². The highest BCUT2D eigenvalue weighted by atomic mass is 32.2. The van der Waals surface area contributed by atoms with Gasteiger partial charge in [-0.2, -0.15) is 0 Å². The average molecular weight is 493 g/mol. The number of rotatable bonds is 7. The fraction of sp³-hybridized carbons (Fsp3) is 0.391. The number of anilines is 1. The zero-order chi connectivity index (χ0) is 23.8. The van der Waals surface area contributed by atoms with E-state index in [0.29, 0.717) is 12.2 Å². The van der Waals surface area contributed by atoms with Gasteiger partial charge in [-0.25, -0.2) is 22.2 Å². The van der Waals surface area contributed by atoms with Crippen molar-refractivity contribution < 1.29 is 17.2 Å².